The maximum atomic E-state index is 5.73. The predicted octanol–water partition coefficient (Wildman–Crippen LogP) is 2.50. The molecule has 0 aliphatic carbocycles. The van der Waals surface area contributed by atoms with E-state index in [1.165, 1.54) is 5.56 Å². The van der Waals surface area contributed by atoms with Gasteiger partial charge in [0, 0.05) is 6.42 Å². The van der Waals surface area contributed by atoms with Crippen molar-refractivity contribution < 1.29 is 4.84 Å². The molecule has 3 rings (SSSR count). The summed E-state index contributed by atoms with van der Waals surface area (Å²) in [5.74, 6) is 0.798. The Balaban J connectivity index is 1.68. The summed E-state index contributed by atoms with van der Waals surface area (Å²) < 4.78 is 1.64. The molecule has 0 amide bonds. The highest BCUT2D eigenvalue weighted by Crippen LogP contribution is 2.06. The Hall–Kier alpha value is -2.62. The minimum atomic E-state index is 0.501. The zero-order valence-electron chi connectivity index (χ0n) is 11.0. The van der Waals surface area contributed by atoms with Crippen molar-refractivity contribution in [3.8, 4) is 0 Å². The highest BCUT2D eigenvalue weighted by molar-refractivity contribution is 5.18. The molecule has 0 spiro atoms. The molecule has 1 heterocycles. The molecule has 4 heteroatoms. The number of aromatic nitrogens is 3. The number of hydrogen-bond donors (Lipinski definition) is 0. The molecule has 2 aromatic carbocycles. The van der Waals surface area contributed by atoms with E-state index < -0.39 is 0 Å². The fourth-order valence-electron chi connectivity index (χ4n) is 1.97. The molecule has 0 fully saturated rings. The second-order valence-electron chi connectivity index (χ2n) is 4.49. The maximum absolute atomic E-state index is 5.73. The van der Waals surface area contributed by atoms with Gasteiger partial charge in [-0.05, 0) is 11.1 Å². The van der Waals surface area contributed by atoms with Crippen LogP contribution in [-0.2, 0) is 13.0 Å². The first kappa shape index (κ1) is 12.4. The van der Waals surface area contributed by atoms with Crippen LogP contribution >= 0.6 is 0 Å². The Kier molecular flexibility index (Phi) is 3.73. The van der Waals surface area contributed by atoms with Crippen LogP contribution in [0.4, 0.5) is 0 Å². The average molecular weight is 265 g/mol. The van der Waals surface area contributed by atoms with E-state index in [-0.39, 0.29) is 0 Å². The van der Waals surface area contributed by atoms with Gasteiger partial charge in [-0.15, -0.1) is 10.2 Å². The second-order valence-corrected chi connectivity index (χ2v) is 4.49. The molecule has 0 radical (unpaired) electrons. The van der Waals surface area contributed by atoms with Crippen molar-refractivity contribution in [2.24, 2.45) is 0 Å². The van der Waals surface area contributed by atoms with Crippen LogP contribution in [0.25, 0.3) is 0 Å². The average Bonchev–Trinajstić information content (AvgIpc) is 2.94. The lowest BCUT2D eigenvalue weighted by Crippen LogP contribution is -2.14. The summed E-state index contributed by atoms with van der Waals surface area (Å²) in [5.41, 5.74) is 2.30. The van der Waals surface area contributed by atoms with Gasteiger partial charge >= 0.3 is 0 Å². The lowest BCUT2D eigenvalue weighted by molar-refractivity contribution is 0.0904. The normalized spacial score (nSPS) is 10.4. The van der Waals surface area contributed by atoms with Crippen molar-refractivity contribution in [3.63, 3.8) is 0 Å². The molecule has 0 unspecified atom stereocenters. The van der Waals surface area contributed by atoms with Crippen LogP contribution in [0.1, 0.15) is 17.0 Å². The minimum Gasteiger partial charge on any atom is -0.406 e. The highest BCUT2D eigenvalue weighted by Gasteiger charge is 2.06. The Morgan fingerprint density at radius 3 is 2.20 bits per heavy atom. The summed E-state index contributed by atoms with van der Waals surface area (Å²) in [6.07, 6.45) is 2.30. The smallest absolute Gasteiger partial charge is 0.173 e. The molecule has 0 atom stereocenters. The molecule has 20 heavy (non-hydrogen) atoms. The molecule has 1 aromatic heterocycles. The molecule has 0 N–H and O–H groups in total. The molecular formula is C16H15N3O. The van der Waals surface area contributed by atoms with Crippen LogP contribution in [0.3, 0.4) is 0 Å². The van der Waals surface area contributed by atoms with Crippen LogP contribution in [0.5, 0.6) is 0 Å². The molecule has 0 aliphatic heterocycles. The molecule has 100 valence electrons. The Morgan fingerprint density at radius 2 is 1.50 bits per heavy atom. The van der Waals surface area contributed by atoms with Gasteiger partial charge in [0.1, 0.15) is 6.61 Å². The van der Waals surface area contributed by atoms with Gasteiger partial charge in [-0.2, -0.15) is 4.73 Å². The summed E-state index contributed by atoms with van der Waals surface area (Å²) in [7, 11) is 0. The van der Waals surface area contributed by atoms with Crippen LogP contribution < -0.4 is 4.84 Å². The van der Waals surface area contributed by atoms with E-state index in [0.29, 0.717) is 13.0 Å². The third kappa shape index (κ3) is 3.03. The van der Waals surface area contributed by atoms with Crippen molar-refractivity contribution in [1.82, 2.24) is 14.9 Å². The Bertz CT molecular complexity index is 650. The lowest BCUT2D eigenvalue weighted by Gasteiger charge is -2.08. The van der Waals surface area contributed by atoms with Gasteiger partial charge in [-0.25, -0.2) is 0 Å². The van der Waals surface area contributed by atoms with Gasteiger partial charge in [0.25, 0.3) is 0 Å². The van der Waals surface area contributed by atoms with Gasteiger partial charge in [0.05, 0.1) is 0 Å². The van der Waals surface area contributed by atoms with Gasteiger partial charge < -0.3 is 4.84 Å². The third-order valence-electron chi connectivity index (χ3n) is 3.00. The summed E-state index contributed by atoms with van der Waals surface area (Å²) in [6.45, 7) is 0.501. The van der Waals surface area contributed by atoms with E-state index in [2.05, 4.69) is 22.3 Å². The van der Waals surface area contributed by atoms with E-state index >= 15 is 0 Å². The van der Waals surface area contributed by atoms with E-state index in [1.807, 2.05) is 48.5 Å². The zero-order chi connectivity index (χ0) is 13.6. The number of benzene rings is 2. The number of hydrogen-bond acceptors (Lipinski definition) is 3. The lowest BCUT2D eigenvalue weighted by atomic mass is 10.1. The molecule has 0 aliphatic rings. The summed E-state index contributed by atoms with van der Waals surface area (Å²) in [6, 6.07) is 20.2. The number of nitrogens with zero attached hydrogens (tertiary/aromatic N) is 3. The van der Waals surface area contributed by atoms with Crippen molar-refractivity contribution in [1.29, 1.82) is 0 Å². The quantitative estimate of drug-likeness (QED) is 0.711. The van der Waals surface area contributed by atoms with Gasteiger partial charge in [-0.3, -0.25) is 0 Å². The predicted molar refractivity (Wildman–Crippen MR) is 76.0 cm³/mol. The summed E-state index contributed by atoms with van der Waals surface area (Å²) in [5, 5.41) is 8.03. The fraction of sp³-hybridized carbons (Fsp3) is 0.125. The molecule has 0 saturated carbocycles. The minimum absolute atomic E-state index is 0.501. The maximum Gasteiger partial charge on any atom is 0.173 e. The Labute approximate surface area is 117 Å². The molecule has 4 nitrogen and oxygen atoms in total. The number of rotatable bonds is 5. The summed E-state index contributed by atoms with van der Waals surface area (Å²) >= 11 is 0. The largest absolute Gasteiger partial charge is 0.406 e. The van der Waals surface area contributed by atoms with Gasteiger partial charge in [0.15, 0.2) is 12.2 Å². The van der Waals surface area contributed by atoms with Crippen LogP contribution in [0, 0.1) is 0 Å². The first-order valence-corrected chi connectivity index (χ1v) is 6.52. The molecule has 0 saturated heterocycles. The monoisotopic (exact) mass is 265 g/mol. The van der Waals surface area contributed by atoms with Gasteiger partial charge in [-0.1, -0.05) is 60.7 Å². The van der Waals surface area contributed by atoms with E-state index in [4.69, 9.17) is 4.84 Å². The SMILES string of the molecule is c1ccc(COn2cnnc2Cc2ccccc2)cc1. The zero-order valence-corrected chi connectivity index (χ0v) is 11.0. The first-order chi connectivity index (χ1) is 9.92. The second kappa shape index (κ2) is 6.02. The van der Waals surface area contributed by atoms with Crippen LogP contribution in [0.15, 0.2) is 67.0 Å². The van der Waals surface area contributed by atoms with Crippen LogP contribution in [-0.4, -0.2) is 14.9 Å². The molecular weight excluding hydrogens is 250 g/mol. The topological polar surface area (TPSA) is 39.9 Å². The van der Waals surface area contributed by atoms with E-state index in [0.717, 1.165) is 11.4 Å². The van der Waals surface area contributed by atoms with E-state index in [9.17, 15) is 0 Å². The fourth-order valence-corrected chi connectivity index (χ4v) is 1.97. The van der Waals surface area contributed by atoms with Crippen molar-refractivity contribution in [2.45, 2.75) is 13.0 Å². The summed E-state index contributed by atoms with van der Waals surface area (Å²) in [4.78, 5) is 5.73. The first-order valence-electron chi connectivity index (χ1n) is 6.52. The Morgan fingerprint density at radius 1 is 0.850 bits per heavy atom. The van der Waals surface area contributed by atoms with Crippen molar-refractivity contribution >= 4 is 0 Å². The van der Waals surface area contributed by atoms with Crippen LogP contribution in [0.2, 0.25) is 0 Å². The van der Waals surface area contributed by atoms with Gasteiger partial charge in [0.2, 0.25) is 0 Å². The molecule has 0 bridgehead atoms. The molecule has 3 aromatic rings. The highest BCUT2D eigenvalue weighted by atomic mass is 16.7. The van der Waals surface area contributed by atoms with Crippen molar-refractivity contribution in [3.05, 3.63) is 83.9 Å². The third-order valence-corrected chi connectivity index (χ3v) is 3.00. The van der Waals surface area contributed by atoms with E-state index in [1.54, 1.807) is 11.1 Å². The van der Waals surface area contributed by atoms with Crippen molar-refractivity contribution in [2.75, 3.05) is 0 Å². The standard InChI is InChI=1S/C16H15N3O/c1-3-7-14(8-4-1)11-16-18-17-13-19(16)20-12-15-9-5-2-6-10-15/h1-10,13H,11-12H2.